The zero-order valence-corrected chi connectivity index (χ0v) is 21.8. The van der Waals surface area contributed by atoms with Crippen molar-refractivity contribution in [3.8, 4) is 5.69 Å². The second kappa shape index (κ2) is 10.9. The highest BCUT2D eigenvalue weighted by Gasteiger charge is 2.17. The van der Waals surface area contributed by atoms with Gasteiger partial charge in [-0.2, -0.15) is 0 Å². The number of amides is 1. The van der Waals surface area contributed by atoms with E-state index >= 15 is 0 Å². The topological polar surface area (TPSA) is 68.2 Å². The molecule has 3 aromatic carbocycles. The van der Waals surface area contributed by atoms with Gasteiger partial charge in [0.05, 0.1) is 40.0 Å². The number of rotatable bonds is 8. The summed E-state index contributed by atoms with van der Waals surface area (Å²) in [6.07, 6.45) is 0.143. The number of hydrogen-bond acceptors (Lipinski definition) is 4. The monoisotopic (exact) mass is 530 g/mol. The summed E-state index contributed by atoms with van der Waals surface area (Å²) in [5.74, 6) is 0.296. The average Bonchev–Trinajstić information content (AvgIpc) is 3.17. The molecule has 0 aliphatic heterocycles. The maximum Gasteiger partial charge on any atom is 0.257 e. The van der Waals surface area contributed by atoms with Crippen LogP contribution in [0.2, 0.25) is 15.1 Å². The van der Waals surface area contributed by atoms with Crippen molar-refractivity contribution in [1.82, 2.24) is 9.55 Å². The molecule has 0 saturated heterocycles. The number of halogens is 3. The first-order valence-electron chi connectivity index (χ1n) is 11.1. The Morgan fingerprint density at radius 1 is 1.06 bits per heavy atom. The van der Waals surface area contributed by atoms with E-state index in [0.29, 0.717) is 45.4 Å². The number of benzene rings is 3. The summed E-state index contributed by atoms with van der Waals surface area (Å²) in [6.45, 7) is 7.07. The molecular weight excluding hydrogens is 507 g/mol. The van der Waals surface area contributed by atoms with Gasteiger partial charge in [-0.1, -0.05) is 40.9 Å². The summed E-state index contributed by atoms with van der Waals surface area (Å²) in [7, 11) is 0. The maximum atomic E-state index is 12.9. The SMILES string of the molecule is Cc1c(Cl)cccc1-n1c(NCCOC(C)C)nc2ccc(NC(=O)c3cc(Cl)ccc3Cl)cc21. The first kappa shape index (κ1) is 25.3. The minimum Gasteiger partial charge on any atom is -0.377 e. The highest BCUT2D eigenvalue weighted by molar-refractivity contribution is 6.36. The average molecular weight is 532 g/mol. The first-order valence-corrected chi connectivity index (χ1v) is 12.3. The van der Waals surface area contributed by atoms with Crippen molar-refractivity contribution in [3.05, 3.63) is 80.8 Å². The van der Waals surface area contributed by atoms with Gasteiger partial charge < -0.3 is 15.4 Å². The molecule has 1 heterocycles. The molecule has 1 amide bonds. The Kier molecular flexibility index (Phi) is 7.87. The Morgan fingerprint density at radius 3 is 2.63 bits per heavy atom. The standard InChI is InChI=1S/C26H25Cl3N4O2/c1-15(2)35-12-11-30-26-32-22-10-8-18(31-25(34)19-13-17(27)7-9-21(19)29)14-24(22)33(26)23-6-4-5-20(28)16(23)3/h4-10,13-15H,11-12H2,1-3H3,(H,30,32)(H,31,34). The molecule has 2 N–H and O–H groups in total. The number of aromatic nitrogens is 2. The van der Waals surface area contributed by atoms with Crippen molar-refractivity contribution in [3.63, 3.8) is 0 Å². The fraction of sp³-hybridized carbons (Fsp3) is 0.231. The third-order valence-corrected chi connectivity index (χ3v) is 6.38. The fourth-order valence-electron chi connectivity index (χ4n) is 3.68. The summed E-state index contributed by atoms with van der Waals surface area (Å²) in [4.78, 5) is 17.7. The van der Waals surface area contributed by atoms with Crippen molar-refractivity contribution in [1.29, 1.82) is 0 Å². The molecule has 0 bridgehead atoms. The second-order valence-electron chi connectivity index (χ2n) is 8.28. The molecule has 0 saturated carbocycles. The van der Waals surface area contributed by atoms with E-state index in [1.807, 2.05) is 55.7 Å². The van der Waals surface area contributed by atoms with Crippen molar-refractivity contribution in [2.45, 2.75) is 26.9 Å². The number of nitrogens with zero attached hydrogens (tertiary/aromatic N) is 2. The van der Waals surface area contributed by atoms with Gasteiger partial charge in [0, 0.05) is 22.3 Å². The number of carbonyl (C=O) groups excluding carboxylic acids is 1. The number of carbonyl (C=O) groups is 1. The molecule has 0 radical (unpaired) electrons. The summed E-state index contributed by atoms with van der Waals surface area (Å²) in [5.41, 5.74) is 4.25. The lowest BCUT2D eigenvalue weighted by Gasteiger charge is -2.15. The van der Waals surface area contributed by atoms with E-state index in [9.17, 15) is 4.79 Å². The van der Waals surface area contributed by atoms with E-state index in [1.54, 1.807) is 24.3 Å². The molecule has 0 atom stereocenters. The molecule has 1 aromatic heterocycles. The smallest absolute Gasteiger partial charge is 0.257 e. The van der Waals surface area contributed by atoms with Gasteiger partial charge >= 0.3 is 0 Å². The van der Waals surface area contributed by atoms with Crippen LogP contribution in [0.1, 0.15) is 29.8 Å². The fourth-order valence-corrected chi connectivity index (χ4v) is 4.23. The van der Waals surface area contributed by atoms with Crippen LogP contribution < -0.4 is 10.6 Å². The van der Waals surface area contributed by atoms with E-state index in [4.69, 9.17) is 44.5 Å². The van der Waals surface area contributed by atoms with Gasteiger partial charge in [-0.05, 0) is 74.9 Å². The van der Waals surface area contributed by atoms with E-state index in [1.165, 1.54) is 0 Å². The zero-order valence-electron chi connectivity index (χ0n) is 19.5. The van der Waals surface area contributed by atoms with Crippen LogP contribution in [-0.2, 0) is 4.74 Å². The Bertz CT molecular complexity index is 1380. The van der Waals surface area contributed by atoms with Gasteiger partial charge in [0.2, 0.25) is 5.95 Å². The molecule has 0 unspecified atom stereocenters. The zero-order chi connectivity index (χ0) is 25.1. The van der Waals surface area contributed by atoms with Crippen LogP contribution in [0.25, 0.3) is 16.7 Å². The molecule has 35 heavy (non-hydrogen) atoms. The summed E-state index contributed by atoms with van der Waals surface area (Å²) in [5, 5.41) is 7.68. The molecule has 6 nitrogen and oxygen atoms in total. The molecule has 9 heteroatoms. The number of nitrogens with one attached hydrogen (secondary N) is 2. The van der Waals surface area contributed by atoms with Gasteiger partial charge in [0.15, 0.2) is 0 Å². The van der Waals surface area contributed by atoms with Crippen molar-refractivity contribution < 1.29 is 9.53 Å². The van der Waals surface area contributed by atoms with Crippen LogP contribution in [0.4, 0.5) is 11.6 Å². The Labute approximate surface area is 219 Å². The number of ether oxygens (including phenoxy) is 1. The summed E-state index contributed by atoms with van der Waals surface area (Å²) in [6, 6.07) is 16.0. The molecular formula is C26H25Cl3N4O2. The lowest BCUT2D eigenvalue weighted by molar-refractivity contribution is 0.0869. The highest BCUT2D eigenvalue weighted by Crippen LogP contribution is 2.31. The van der Waals surface area contributed by atoms with Crippen LogP contribution in [-0.4, -0.2) is 34.7 Å². The minimum atomic E-state index is -0.356. The van der Waals surface area contributed by atoms with Gasteiger partial charge in [-0.25, -0.2) is 4.98 Å². The van der Waals surface area contributed by atoms with Crippen molar-refractivity contribution >= 4 is 63.4 Å². The maximum absolute atomic E-state index is 12.9. The lowest BCUT2D eigenvalue weighted by Crippen LogP contribution is -2.15. The number of imidazole rings is 1. The molecule has 0 aliphatic rings. The normalized spacial score (nSPS) is 11.3. The third-order valence-electron chi connectivity index (χ3n) is 5.40. The van der Waals surface area contributed by atoms with Gasteiger partial charge in [0.25, 0.3) is 5.91 Å². The van der Waals surface area contributed by atoms with E-state index in [0.717, 1.165) is 22.3 Å². The molecule has 182 valence electrons. The van der Waals surface area contributed by atoms with Gasteiger partial charge in [-0.3, -0.25) is 9.36 Å². The summed E-state index contributed by atoms with van der Waals surface area (Å²) >= 11 is 18.7. The molecule has 4 rings (SSSR count). The second-order valence-corrected chi connectivity index (χ2v) is 9.53. The first-order chi connectivity index (χ1) is 16.7. The predicted molar refractivity (Wildman–Crippen MR) is 145 cm³/mol. The minimum absolute atomic E-state index is 0.143. The van der Waals surface area contributed by atoms with E-state index in [2.05, 4.69) is 10.6 Å². The molecule has 0 spiro atoms. The van der Waals surface area contributed by atoms with Gasteiger partial charge in [-0.15, -0.1) is 0 Å². The third kappa shape index (κ3) is 5.73. The van der Waals surface area contributed by atoms with Crippen LogP contribution in [0.15, 0.2) is 54.6 Å². The Balaban J connectivity index is 1.73. The van der Waals surface area contributed by atoms with E-state index in [-0.39, 0.29) is 12.0 Å². The Morgan fingerprint density at radius 2 is 1.86 bits per heavy atom. The number of fused-ring (bicyclic) bond motifs is 1. The van der Waals surface area contributed by atoms with Crippen LogP contribution in [0.5, 0.6) is 0 Å². The summed E-state index contributed by atoms with van der Waals surface area (Å²) < 4.78 is 7.65. The van der Waals surface area contributed by atoms with Gasteiger partial charge in [0.1, 0.15) is 0 Å². The Hall–Kier alpha value is -2.77. The largest absolute Gasteiger partial charge is 0.377 e. The highest BCUT2D eigenvalue weighted by atomic mass is 35.5. The molecule has 0 fully saturated rings. The molecule has 0 aliphatic carbocycles. The molecule has 4 aromatic rings. The van der Waals surface area contributed by atoms with E-state index < -0.39 is 0 Å². The number of anilines is 2. The lowest BCUT2D eigenvalue weighted by atomic mass is 10.2. The van der Waals surface area contributed by atoms with Crippen LogP contribution >= 0.6 is 34.8 Å². The van der Waals surface area contributed by atoms with Crippen molar-refractivity contribution in [2.24, 2.45) is 0 Å². The van der Waals surface area contributed by atoms with Crippen LogP contribution in [0.3, 0.4) is 0 Å². The van der Waals surface area contributed by atoms with Crippen LogP contribution in [0, 0.1) is 6.92 Å². The quantitative estimate of drug-likeness (QED) is 0.233. The predicted octanol–water partition coefficient (Wildman–Crippen LogP) is 7.38. The number of hydrogen-bond donors (Lipinski definition) is 2. The van der Waals surface area contributed by atoms with Crippen molar-refractivity contribution in [2.75, 3.05) is 23.8 Å².